The number of hydrogen-bond donors (Lipinski definition) is 0. The van der Waals surface area contributed by atoms with Crippen molar-refractivity contribution in [3.05, 3.63) is 0 Å². The Labute approximate surface area is 60.7 Å². The van der Waals surface area contributed by atoms with Gasteiger partial charge in [-0.25, -0.2) is 0 Å². The quantitative estimate of drug-likeness (QED) is 0.291. The predicted octanol–water partition coefficient (Wildman–Crippen LogP) is -0.394. The molecule has 4 nitrogen and oxygen atoms in total. The number of amides is 1. The van der Waals surface area contributed by atoms with Crippen LogP contribution in [-0.2, 0) is 14.3 Å². The number of methoxy groups -OCH3 is 1. The number of carbonyl (C=O) groups excluding carboxylic acids is 1. The highest BCUT2D eigenvalue weighted by Crippen LogP contribution is 1.78. The van der Waals surface area contributed by atoms with Gasteiger partial charge in [-0.3, -0.25) is 4.79 Å². The number of likely N-dealkylation sites (N-methyl/N-ethyl adjacent to an activating group) is 1. The lowest BCUT2D eigenvalue weighted by Gasteiger charge is -2.08. The van der Waals surface area contributed by atoms with Crippen LogP contribution in [-0.4, -0.2) is 45.4 Å². The second kappa shape index (κ2) is 6.51. The maximum absolute atomic E-state index is 9.88. The van der Waals surface area contributed by atoms with E-state index in [9.17, 15) is 4.79 Å². The van der Waals surface area contributed by atoms with Gasteiger partial charge in [0.15, 0.2) is 0 Å². The topological polar surface area (TPSA) is 38.8 Å². The molecule has 0 aromatic heterocycles. The average molecular weight is 146 g/mol. The zero-order chi connectivity index (χ0) is 7.82. The lowest BCUT2D eigenvalue weighted by atomic mass is 10.6. The second-order valence-electron chi connectivity index (χ2n) is 1.83. The summed E-state index contributed by atoms with van der Waals surface area (Å²) in [7, 11) is 3.19. The molecule has 0 unspecified atom stereocenters. The van der Waals surface area contributed by atoms with Gasteiger partial charge in [0.2, 0.25) is 0 Å². The van der Waals surface area contributed by atoms with E-state index in [-0.39, 0.29) is 6.79 Å². The van der Waals surface area contributed by atoms with E-state index in [1.807, 2.05) is 0 Å². The molecule has 0 bridgehead atoms. The standard InChI is InChI=1S/C6H12NO3/c1-7(5-8)3-4-10-6-9-2/h3-4,6H2,1-2H3. The molecule has 0 spiro atoms. The van der Waals surface area contributed by atoms with Crippen LogP contribution in [0, 0.1) is 0 Å². The first kappa shape index (κ1) is 9.39. The van der Waals surface area contributed by atoms with Crippen molar-refractivity contribution in [2.75, 3.05) is 34.1 Å². The van der Waals surface area contributed by atoms with Crippen LogP contribution >= 0.6 is 0 Å². The molecular formula is C6H12NO3. The molecule has 0 N–H and O–H groups in total. The van der Waals surface area contributed by atoms with E-state index in [1.54, 1.807) is 20.6 Å². The fraction of sp³-hybridized carbons (Fsp3) is 0.833. The molecule has 0 saturated carbocycles. The first-order valence-corrected chi connectivity index (χ1v) is 2.97. The second-order valence-corrected chi connectivity index (χ2v) is 1.83. The molecule has 0 atom stereocenters. The zero-order valence-electron chi connectivity index (χ0n) is 6.29. The van der Waals surface area contributed by atoms with Crippen molar-refractivity contribution in [3.63, 3.8) is 0 Å². The molecule has 0 rings (SSSR count). The van der Waals surface area contributed by atoms with Crippen LogP contribution in [0.5, 0.6) is 0 Å². The monoisotopic (exact) mass is 146 g/mol. The summed E-state index contributed by atoms with van der Waals surface area (Å²) in [6, 6.07) is 0. The highest BCUT2D eigenvalue weighted by atomic mass is 16.7. The van der Waals surface area contributed by atoms with E-state index in [1.165, 1.54) is 4.90 Å². The van der Waals surface area contributed by atoms with Crippen molar-refractivity contribution in [2.45, 2.75) is 0 Å². The molecule has 0 aliphatic carbocycles. The van der Waals surface area contributed by atoms with Crippen molar-refractivity contribution in [1.82, 2.24) is 4.90 Å². The van der Waals surface area contributed by atoms with Crippen LogP contribution in [0.4, 0.5) is 0 Å². The highest BCUT2D eigenvalue weighted by molar-refractivity contribution is 5.47. The Kier molecular flexibility index (Phi) is 6.11. The summed E-state index contributed by atoms with van der Waals surface area (Å²) in [4.78, 5) is 11.3. The van der Waals surface area contributed by atoms with Gasteiger partial charge < -0.3 is 14.4 Å². The maximum atomic E-state index is 9.88. The van der Waals surface area contributed by atoms with E-state index in [0.717, 1.165) is 0 Å². The van der Waals surface area contributed by atoms with Gasteiger partial charge in [-0.2, -0.15) is 0 Å². The molecule has 0 saturated heterocycles. The Morgan fingerprint density at radius 1 is 1.60 bits per heavy atom. The van der Waals surface area contributed by atoms with Gasteiger partial charge in [-0.1, -0.05) is 0 Å². The average Bonchev–Trinajstić information content (AvgIpc) is 1.98. The van der Waals surface area contributed by atoms with Crippen LogP contribution in [0.2, 0.25) is 0 Å². The Morgan fingerprint density at radius 2 is 2.30 bits per heavy atom. The van der Waals surface area contributed by atoms with Crippen LogP contribution in [0.15, 0.2) is 0 Å². The molecule has 10 heavy (non-hydrogen) atoms. The Balaban J connectivity index is 2.95. The predicted molar refractivity (Wildman–Crippen MR) is 36.2 cm³/mol. The molecular weight excluding hydrogens is 134 g/mol. The van der Waals surface area contributed by atoms with Crippen molar-refractivity contribution >= 4 is 6.41 Å². The summed E-state index contributed by atoms with van der Waals surface area (Å²) >= 11 is 0. The fourth-order valence-electron chi connectivity index (χ4n) is 0.389. The number of nitrogens with zero attached hydrogens (tertiary/aromatic N) is 1. The lowest BCUT2D eigenvalue weighted by molar-refractivity contribution is -0.0323. The zero-order valence-corrected chi connectivity index (χ0v) is 6.29. The van der Waals surface area contributed by atoms with Gasteiger partial charge in [-0.05, 0) is 0 Å². The third-order valence-corrected chi connectivity index (χ3v) is 0.928. The van der Waals surface area contributed by atoms with Gasteiger partial charge >= 0.3 is 6.41 Å². The molecule has 0 heterocycles. The van der Waals surface area contributed by atoms with Gasteiger partial charge in [0.05, 0.1) is 6.61 Å². The molecule has 0 aromatic rings. The highest BCUT2D eigenvalue weighted by Gasteiger charge is 1.92. The summed E-state index contributed by atoms with van der Waals surface area (Å²) in [6.07, 6.45) is 1.70. The van der Waals surface area contributed by atoms with Crippen molar-refractivity contribution in [2.24, 2.45) is 0 Å². The van der Waals surface area contributed by atoms with Crippen LogP contribution in [0.25, 0.3) is 0 Å². The minimum Gasteiger partial charge on any atom is -0.359 e. The number of rotatable bonds is 6. The van der Waals surface area contributed by atoms with Gasteiger partial charge in [0, 0.05) is 20.7 Å². The van der Waals surface area contributed by atoms with Gasteiger partial charge in [0.1, 0.15) is 6.79 Å². The van der Waals surface area contributed by atoms with Crippen LogP contribution in [0.3, 0.4) is 0 Å². The molecule has 0 aromatic carbocycles. The summed E-state index contributed by atoms with van der Waals surface area (Å²) in [5.41, 5.74) is 0. The normalized spacial score (nSPS) is 9.40. The third-order valence-electron chi connectivity index (χ3n) is 0.928. The minimum atomic E-state index is 0.271. The van der Waals surface area contributed by atoms with E-state index in [2.05, 4.69) is 4.74 Å². The van der Waals surface area contributed by atoms with Crippen molar-refractivity contribution in [1.29, 1.82) is 0 Å². The molecule has 59 valence electrons. The summed E-state index contributed by atoms with van der Waals surface area (Å²) in [5.74, 6) is 0. The number of ether oxygens (including phenoxy) is 2. The summed E-state index contributed by atoms with van der Waals surface area (Å²) in [5, 5.41) is 0. The molecule has 4 heteroatoms. The fourth-order valence-corrected chi connectivity index (χ4v) is 0.389. The first-order valence-electron chi connectivity index (χ1n) is 2.97. The molecule has 1 radical (unpaired) electrons. The summed E-state index contributed by atoms with van der Waals surface area (Å²) < 4.78 is 9.53. The Hall–Kier alpha value is -0.610. The number of hydrogen-bond acceptors (Lipinski definition) is 3. The molecule has 1 amide bonds. The third kappa shape index (κ3) is 5.53. The van der Waals surface area contributed by atoms with E-state index in [0.29, 0.717) is 13.2 Å². The van der Waals surface area contributed by atoms with Gasteiger partial charge in [-0.15, -0.1) is 0 Å². The lowest BCUT2D eigenvalue weighted by Crippen LogP contribution is -2.21. The van der Waals surface area contributed by atoms with Crippen molar-refractivity contribution in [3.8, 4) is 0 Å². The Morgan fingerprint density at radius 3 is 2.80 bits per heavy atom. The largest absolute Gasteiger partial charge is 0.359 e. The molecule has 0 fully saturated rings. The first-order chi connectivity index (χ1) is 4.81. The van der Waals surface area contributed by atoms with E-state index in [4.69, 9.17) is 4.74 Å². The summed E-state index contributed by atoms with van der Waals surface area (Å²) in [6.45, 7) is 1.30. The molecule has 0 aliphatic rings. The Bertz CT molecular complexity index is 87.1. The maximum Gasteiger partial charge on any atom is 0.311 e. The minimum absolute atomic E-state index is 0.271. The van der Waals surface area contributed by atoms with E-state index < -0.39 is 0 Å². The molecule has 0 aliphatic heterocycles. The smallest absolute Gasteiger partial charge is 0.311 e. The van der Waals surface area contributed by atoms with Crippen LogP contribution in [0.1, 0.15) is 0 Å². The SMILES string of the molecule is COCOCCN(C)[C]=O. The van der Waals surface area contributed by atoms with Gasteiger partial charge in [0.25, 0.3) is 0 Å². The van der Waals surface area contributed by atoms with Crippen molar-refractivity contribution < 1.29 is 14.3 Å². The van der Waals surface area contributed by atoms with E-state index >= 15 is 0 Å². The van der Waals surface area contributed by atoms with Crippen LogP contribution < -0.4 is 0 Å².